The Labute approximate surface area is 139 Å². The second-order valence-corrected chi connectivity index (χ2v) is 5.41. The number of nitrogens with zero attached hydrogens (tertiary/aromatic N) is 4. The van der Waals surface area contributed by atoms with Gasteiger partial charge in [0.25, 0.3) is 11.6 Å². The van der Waals surface area contributed by atoms with Gasteiger partial charge in [-0.1, -0.05) is 11.2 Å². The third-order valence-electron chi connectivity index (χ3n) is 3.91. The molecule has 1 aliphatic heterocycles. The van der Waals surface area contributed by atoms with Crippen molar-refractivity contribution in [1.29, 1.82) is 0 Å². The quantitative estimate of drug-likeness (QED) is 0.674. The Morgan fingerprint density at radius 1 is 1.48 bits per heavy atom. The number of likely N-dealkylation sites (N-methyl/N-ethyl adjacent to an activating group) is 1. The van der Waals surface area contributed by atoms with Gasteiger partial charge in [-0.2, -0.15) is 4.98 Å². The summed E-state index contributed by atoms with van der Waals surface area (Å²) in [6, 6.07) is 4.67. The van der Waals surface area contributed by atoms with Crippen LogP contribution in [-0.4, -0.2) is 46.6 Å². The highest BCUT2D eigenvalue weighted by Crippen LogP contribution is 2.28. The van der Waals surface area contributed by atoms with Crippen LogP contribution in [0.4, 0.5) is 5.69 Å². The van der Waals surface area contributed by atoms with Crippen molar-refractivity contribution < 1.29 is 9.45 Å². The smallest absolute Gasteiger partial charge is 0.270 e. The molecule has 0 aliphatic carbocycles. The number of halogens is 1. The van der Waals surface area contributed by atoms with Crippen molar-refractivity contribution in [1.82, 2.24) is 20.4 Å². The summed E-state index contributed by atoms with van der Waals surface area (Å²) in [5.41, 5.74) is 1.46. The first kappa shape index (κ1) is 17.3. The fraction of sp³-hybridized carbons (Fsp3) is 0.429. The van der Waals surface area contributed by atoms with Crippen molar-refractivity contribution in [2.75, 3.05) is 26.7 Å². The van der Waals surface area contributed by atoms with Gasteiger partial charge >= 0.3 is 0 Å². The zero-order valence-corrected chi connectivity index (χ0v) is 13.7. The van der Waals surface area contributed by atoms with E-state index < -0.39 is 4.92 Å². The molecule has 8 nitrogen and oxygen atoms in total. The van der Waals surface area contributed by atoms with Gasteiger partial charge in [0.05, 0.1) is 11.0 Å². The third-order valence-corrected chi connectivity index (χ3v) is 3.91. The molecule has 1 saturated heterocycles. The normalized spacial score (nSPS) is 18.4. The van der Waals surface area contributed by atoms with Gasteiger partial charge in [-0.15, -0.1) is 12.4 Å². The van der Waals surface area contributed by atoms with Crippen molar-refractivity contribution >= 4 is 18.1 Å². The van der Waals surface area contributed by atoms with Crippen LogP contribution < -0.4 is 5.32 Å². The maximum atomic E-state index is 10.9. The lowest BCUT2D eigenvalue weighted by molar-refractivity contribution is -0.384. The minimum Gasteiger partial charge on any atom is -0.334 e. The summed E-state index contributed by atoms with van der Waals surface area (Å²) in [7, 11) is 2.01. The monoisotopic (exact) mass is 339 g/mol. The highest BCUT2D eigenvalue weighted by Gasteiger charge is 2.26. The summed E-state index contributed by atoms with van der Waals surface area (Å²) in [6.07, 6.45) is 0. The molecule has 0 radical (unpaired) electrons. The first-order valence-corrected chi connectivity index (χ1v) is 7.06. The number of nitrogens with one attached hydrogen (secondary N) is 1. The molecule has 0 saturated carbocycles. The zero-order valence-electron chi connectivity index (χ0n) is 12.9. The highest BCUT2D eigenvalue weighted by molar-refractivity contribution is 5.85. The van der Waals surface area contributed by atoms with Crippen molar-refractivity contribution in [3.05, 3.63) is 39.7 Å². The van der Waals surface area contributed by atoms with Crippen molar-refractivity contribution in [2.45, 2.75) is 13.0 Å². The highest BCUT2D eigenvalue weighted by atomic mass is 35.5. The molecule has 1 aromatic heterocycles. The largest absolute Gasteiger partial charge is 0.334 e. The zero-order chi connectivity index (χ0) is 15.7. The van der Waals surface area contributed by atoms with E-state index >= 15 is 0 Å². The maximum Gasteiger partial charge on any atom is 0.270 e. The van der Waals surface area contributed by atoms with E-state index in [9.17, 15) is 10.1 Å². The van der Waals surface area contributed by atoms with Gasteiger partial charge in [0.15, 0.2) is 5.82 Å². The van der Waals surface area contributed by atoms with E-state index in [1.165, 1.54) is 12.1 Å². The Bertz CT molecular complexity index is 705. The second-order valence-electron chi connectivity index (χ2n) is 5.41. The van der Waals surface area contributed by atoms with E-state index in [1.54, 1.807) is 6.07 Å². The number of benzene rings is 1. The van der Waals surface area contributed by atoms with Crippen LogP contribution >= 0.6 is 12.4 Å². The summed E-state index contributed by atoms with van der Waals surface area (Å²) in [4.78, 5) is 17.1. The molecule has 1 aromatic carbocycles. The number of nitro benzene ring substituents is 1. The van der Waals surface area contributed by atoms with Crippen LogP contribution in [0.5, 0.6) is 0 Å². The number of non-ortho nitro benzene ring substituents is 1. The van der Waals surface area contributed by atoms with Crippen LogP contribution in [-0.2, 0) is 0 Å². The van der Waals surface area contributed by atoms with E-state index in [-0.39, 0.29) is 24.1 Å². The van der Waals surface area contributed by atoms with Crippen molar-refractivity contribution in [3.63, 3.8) is 0 Å². The lowest BCUT2D eigenvalue weighted by Gasteiger charge is -2.30. The van der Waals surface area contributed by atoms with Crippen molar-refractivity contribution in [3.8, 4) is 11.5 Å². The molecule has 0 amide bonds. The lowest BCUT2D eigenvalue weighted by atomic mass is 10.1. The molecular weight excluding hydrogens is 322 g/mol. The Morgan fingerprint density at radius 2 is 2.26 bits per heavy atom. The predicted octanol–water partition coefficient (Wildman–Crippen LogP) is 1.95. The van der Waals surface area contributed by atoms with E-state index in [1.807, 2.05) is 14.0 Å². The predicted molar refractivity (Wildman–Crippen MR) is 86.6 cm³/mol. The Balaban J connectivity index is 0.00000192. The first-order valence-electron chi connectivity index (χ1n) is 7.06. The standard InChI is InChI=1S/C14H17N5O3.ClH/c1-9-3-4-10(19(20)21)7-11(9)14-16-13(17-22-14)12-8-15-5-6-18(12)2;/h3-4,7,12,15H,5-6,8H2,1-2H3;1H. The van der Waals surface area contributed by atoms with Gasteiger partial charge in [0, 0.05) is 37.3 Å². The van der Waals surface area contributed by atoms with Gasteiger partial charge < -0.3 is 9.84 Å². The number of nitro groups is 1. The minimum atomic E-state index is -0.431. The van der Waals surface area contributed by atoms with Crippen LogP contribution in [0, 0.1) is 17.0 Å². The SMILES string of the molecule is Cc1ccc([N+](=O)[O-])cc1-c1nc(C2CNCCN2C)no1.Cl. The van der Waals surface area contributed by atoms with E-state index in [4.69, 9.17) is 4.52 Å². The van der Waals surface area contributed by atoms with Crippen LogP contribution in [0.3, 0.4) is 0 Å². The van der Waals surface area contributed by atoms with Crippen LogP contribution in [0.15, 0.2) is 22.7 Å². The number of rotatable bonds is 3. The van der Waals surface area contributed by atoms with Gasteiger partial charge in [0.1, 0.15) is 0 Å². The summed E-state index contributed by atoms with van der Waals surface area (Å²) in [6.45, 7) is 4.45. The first-order chi connectivity index (χ1) is 10.6. The molecule has 1 N–H and O–H groups in total. The van der Waals surface area contributed by atoms with Crippen LogP contribution in [0.1, 0.15) is 17.4 Å². The van der Waals surface area contributed by atoms with E-state index in [0.717, 1.165) is 25.2 Å². The number of aromatic nitrogens is 2. The molecule has 2 heterocycles. The fourth-order valence-electron chi connectivity index (χ4n) is 2.53. The Kier molecular flexibility index (Phi) is 5.30. The molecule has 3 rings (SSSR count). The fourth-order valence-corrected chi connectivity index (χ4v) is 2.53. The topological polar surface area (TPSA) is 97.3 Å². The molecule has 124 valence electrons. The summed E-state index contributed by atoms with van der Waals surface area (Å²) < 4.78 is 5.33. The summed E-state index contributed by atoms with van der Waals surface area (Å²) in [5.74, 6) is 0.908. The molecule has 1 aliphatic rings. The van der Waals surface area contributed by atoms with Gasteiger partial charge in [-0.3, -0.25) is 15.0 Å². The molecule has 0 bridgehead atoms. The number of aryl methyl sites for hydroxylation is 1. The number of hydrogen-bond acceptors (Lipinski definition) is 7. The lowest BCUT2D eigenvalue weighted by Crippen LogP contribution is -2.44. The Hall–Kier alpha value is -2.03. The minimum absolute atomic E-state index is 0. The van der Waals surface area contributed by atoms with Gasteiger partial charge in [0.2, 0.25) is 0 Å². The van der Waals surface area contributed by atoms with Crippen LogP contribution in [0.2, 0.25) is 0 Å². The van der Waals surface area contributed by atoms with Gasteiger partial charge in [-0.05, 0) is 19.5 Å². The van der Waals surface area contributed by atoms with Gasteiger partial charge in [-0.25, -0.2) is 0 Å². The molecule has 23 heavy (non-hydrogen) atoms. The number of piperazine rings is 1. The summed E-state index contributed by atoms with van der Waals surface area (Å²) in [5, 5.41) is 18.3. The molecule has 0 spiro atoms. The molecular formula is C14H18ClN5O3. The average Bonchev–Trinajstić information content (AvgIpc) is 2.97. The van der Waals surface area contributed by atoms with Crippen LogP contribution in [0.25, 0.3) is 11.5 Å². The Morgan fingerprint density at radius 3 is 2.96 bits per heavy atom. The second kappa shape index (κ2) is 7.03. The molecule has 1 atom stereocenters. The molecule has 1 fully saturated rings. The van der Waals surface area contributed by atoms with E-state index in [2.05, 4.69) is 20.4 Å². The maximum absolute atomic E-state index is 10.9. The third kappa shape index (κ3) is 3.49. The van der Waals surface area contributed by atoms with Crippen molar-refractivity contribution in [2.24, 2.45) is 0 Å². The molecule has 1 unspecified atom stereocenters. The molecule has 9 heteroatoms. The average molecular weight is 340 g/mol. The molecule has 2 aromatic rings. The van der Waals surface area contributed by atoms with E-state index in [0.29, 0.717) is 17.3 Å². The number of hydrogen-bond donors (Lipinski definition) is 1. The summed E-state index contributed by atoms with van der Waals surface area (Å²) >= 11 is 0.